The molecule has 2 rings (SSSR count). The van der Waals surface area contributed by atoms with Gasteiger partial charge in [-0.3, -0.25) is 0 Å². The van der Waals surface area contributed by atoms with Crippen molar-refractivity contribution in [1.82, 2.24) is 0 Å². The highest BCUT2D eigenvalue weighted by Gasteiger charge is 2.36. The van der Waals surface area contributed by atoms with Gasteiger partial charge < -0.3 is 10.5 Å². The van der Waals surface area contributed by atoms with Crippen LogP contribution in [0.2, 0.25) is 0 Å². The molecule has 0 saturated heterocycles. The van der Waals surface area contributed by atoms with Crippen LogP contribution >= 0.6 is 0 Å². The summed E-state index contributed by atoms with van der Waals surface area (Å²) in [6.45, 7) is 2.07. The number of aryl methyl sites for hydroxylation is 1. The molecule has 0 spiro atoms. The zero-order valence-corrected chi connectivity index (χ0v) is 8.08. The summed E-state index contributed by atoms with van der Waals surface area (Å²) >= 11 is 0. The first-order valence-electron chi connectivity index (χ1n) is 4.63. The first-order chi connectivity index (χ1) is 6.24. The maximum Gasteiger partial charge on any atom is 0.125 e. The van der Waals surface area contributed by atoms with Crippen molar-refractivity contribution in [2.24, 2.45) is 5.73 Å². The molecule has 0 aromatic heterocycles. The molecule has 0 amide bonds. The molecule has 0 unspecified atom stereocenters. The minimum Gasteiger partial charge on any atom is -0.496 e. The van der Waals surface area contributed by atoms with E-state index >= 15 is 0 Å². The monoisotopic (exact) mass is 177 g/mol. The highest BCUT2D eigenvalue weighted by atomic mass is 16.5. The Balaban J connectivity index is 2.38. The summed E-state index contributed by atoms with van der Waals surface area (Å²) in [5.74, 6) is 1.54. The molecular formula is C11H15NO. The van der Waals surface area contributed by atoms with Crippen molar-refractivity contribution in [3.05, 3.63) is 29.3 Å². The van der Waals surface area contributed by atoms with Gasteiger partial charge in [-0.2, -0.15) is 0 Å². The van der Waals surface area contributed by atoms with Crippen molar-refractivity contribution in [2.45, 2.75) is 25.3 Å². The van der Waals surface area contributed by atoms with Gasteiger partial charge in [0, 0.05) is 12.0 Å². The molecule has 2 nitrogen and oxygen atoms in total. The zero-order valence-electron chi connectivity index (χ0n) is 8.08. The average Bonchev–Trinajstić information content (AvgIpc) is 2.82. The van der Waals surface area contributed by atoms with Crippen molar-refractivity contribution < 1.29 is 4.74 Å². The third-order valence-electron chi connectivity index (χ3n) is 2.69. The minimum absolute atomic E-state index is 0.343. The van der Waals surface area contributed by atoms with E-state index in [1.54, 1.807) is 7.11 Å². The van der Waals surface area contributed by atoms with Crippen molar-refractivity contribution in [2.75, 3.05) is 7.11 Å². The Bertz CT molecular complexity index is 322. The molecule has 1 fully saturated rings. The largest absolute Gasteiger partial charge is 0.496 e. The van der Waals surface area contributed by atoms with Gasteiger partial charge in [-0.1, -0.05) is 18.2 Å². The molecule has 1 aliphatic carbocycles. The number of benzene rings is 1. The van der Waals surface area contributed by atoms with E-state index in [0.717, 1.165) is 12.2 Å². The van der Waals surface area contributed by atoms with Crippen LogP contribution < -0.4 is 10.5 Å². The summed E-state index contributed by atoms with van der Waals surface area (Å²) in [6.07, 6.45) is 1.10. The number of rotatable bonds is 2. The Morgan fingerprint density at radius 1 is 1.46 bits per heavy atom. The van der Waals surface area contributed by atoms with Crippen molar-refractivity contribution >= 4 is 0 Å². The number of para-hydroxylation sites is 1. The fourth-order valence-electron chi connectivity index (χ4n) is 1.82. The van der Waals surface area contributed by atoms with E-state index in [2.05, 4.69) is 25.1 Å². The van der Waals surface area contributed by atoms with E-state index in [1.807, 2.05) is 0 Å². The molecular weight excluding hydrogens is 162 g/mol. The molecule has 1 aromatic rings. The third-order valence-corrected chi connectivity index (χ3v) is 2.69. The first-order valence-corrected chi connectivity index (χ1v) is 4.63. The number of nitrogens with two attached hydrogens (primary N) is 1. The molecule has 1 aliphatic rings. The predicted octanol–water partition coefficient (Wildman–Crippen LogP) is 1.82. The van der Waals surface area contributed by atoms with Crippen LogP contribution in [-0.4, -0.2) is 13.2 Å². The Morgan fingerprint density at radius 3 is 2.69 bits per heavy atom. The van der Waals surface area contributed by atoms with Gasteiger partial charge in [0.1, 0.15) is 5.75 Å². The highest BCUT2D eigenvalue weighted by Crippen LogP contribution is 2.44. The smallest absolute Gasteiger partial charge is 0.125 e. The average molecular weight is 177 g/mol. The van der Waals surface area contributed by atoms with Crippen LogP contribution in [-0.2, 0) is 0 Å². The lowest BCUT2D eigenvalue weighted by Crippen LogP contribution is -2.02. The molecule has 2 atom stereocenters. The van der Waals surface area contributed by atoms with Gasteiger partial charge in [0.2, 0.25) is 0 Å². The van der Waals surface area contributed by atoms with Crippen molar-refractivity contribution in [3.8, 4) is 5.75 Å². The number of methoxy groups -OCH3 is 1. The normalized spacial score (nSPS) is 25.8. The molecule has 13 heavy (non-hydrogen) atoms. The molecule has 0 aliphatic heterocycles. The standard InChI is InChI=1S/C11H15NO/c1-7-4-3-5-8(11(7)13-2)9-6-10(9)12/h3-5,9-10H,6,12H2,1-2H3/t9-,10+/m0/s1. The van der Waals surface area contributed by atoms with E-state index in [4.69, 9.17) is 10.5 Å². The molecule has 2 N–H and O–H groups in total. The fraction of sp³-hybridized carbons (Fsp3) is 0.455. The fourth-order valence-corrected chi connectivity index (χ4v) is 1.82. The topological polar surface area (TPSA) is 35.2 Å². The highest BCUT2D eigenvalue weighted by molar-refractivity contribution is 5.45. The maximum absolute atomic E-state index is 5.82. The lowest BCUT2D eigenvalue weighted by Gasteiger charge is -2.10. The van der Waals surface area contributed by atoms with Gasteiger partial charge in [0.25, 0.3) is 0 Å². The van der Waals surface area contributed by atoms with Gasteiger partial charge in [-0.25, -0.2) is 0 Å². The van der Waals surface area contributed by atoms with Gasteiger partial charge >= 0.3 is 0 Å². The zero-order chi connectivity index (χ0) is 9.42. The second kappa shape index (κ2) is 3.04. The Labute approximate surface area is 78.7 Å². The van der Waals surface area contributed by atoms with Gasteiger partial charge in [0.15, 0.2) is 0 Å². The molecule has 0 bridgehead atoms. The minimum atomic E-state index is 0.343. The number of ether oxygens (including phenoxy) is 1. The summed E-state index contributed by atoms with van der Waals surface area (Å²) in [4.78, 5) is 0. The quantitative estimate of drug-likeness (QED) is 0.747. The SMILES string of the molecule is COc1c(C)cccc1[C@@H]1C[C@H]1N. The summed E-state index contributed by atoms with van der Waals surface area (Å²) in [5.41, 5.74) is 8.28. The molecule has 2 heteroatoms. The summed E-state index contributed by atoms with van der Waals surface area (Å²) in [6, 6.07) is 6.59. The van der Waals surface area contributed by atoms with Crippen molar-refractivity contribution in [3.63, 3.8) is 0 Å². The molecule has 70 valence electrons. The van der Waals surface area contributed by atoms with Gasteiger partial charge in [-0.15, -0.1) is 0 Å². The van der Waals surface area contributed by atoms with E-state index in [0.29, 0.717) is 12.0 Å². The predicted molar refractivity (Wildman–Crippen MR) is 53.1 cm³/mol. The van der Waals surface area contributed by atoms with Crippen LogP contribution in [0.4, 0.5) is 0 Å². The first kappa shape index (κ1) is 8.57. The van der Waals surface area contributed by atoms with Gasteiger partial charge in [-0.05, 0) is 24.5 Å². The lowest BCUT2D eigenvalue weighted by atomic mass is 10.1. The molecule has 0 radical (unpaired) electrons. The third kappa shape index (κ3) is 1.42. The molecule has 1 aromatic carbocycles. The van der Waals surface area contributed by atoms with E-state index in [1.165, 1.54) is 11.1 Å². The number of hydrogen-bond acceptors (Lipinski definition) is 2. The molecule has 1 saturated carbocycles. The summed E-state index contributed by atoms with van der Waals surface area (Å²) in [7, 11) is 1.72. The summed E-state index contributed by atoms with van der Waals surface area (Å²) in [5, 5.41) is 0. The van der Waals surface area contributed by atoms with Crippen molar-refractivity contribution in [1.29, 1.82) is 0 Å². The van der Waals surface area contributed by atoms with Crippen LogP contribution in [0.5, 0.6) is 5.75 Å². The van der Waals surface area contributed by atoms with Crippen LogP contribution in [0.15, 0.2) is 18.2 Å². The van der Waals surface area contributed by atoms with E-state index in [-0.39, 0.29) is 0 Å². The summed E-state index contributed by atoms with van der Waals surface area (Å²) < 4.78 is 5.37. The van der Waals surface area contributed by atoms with Crippen LogP contribution in [0.25, 0.3) is 0 Å². The second-order valence-corrected chi connectivity index (χ2v) is 3.70. The van der Waals surface area contributed by atoms with Crippen LogP contribution in [0.3, 0.4) is 0 Å². The maximum atomic E-state index is 5.82. The Hall–Kier alpha value is -1.02. The molecule has 0 heterocycles. The lowest BCUT2D eigenvalue weighted by molar-refractivity contribution is 0.406. The van der Waals surface area contributed by atoms with E-state index < -0.39 is 0 Å². The van der Waals surface area contributed by atoms with E-state index in [9.17, 15) is 0 Å². The van der Waals surface area contributed by atoms with Crippen LogP contribution in [0, 0.1) is 6.92 Å². The Kier molecular flexibility index (Phi) is 2.00. The van der Waals surface area contributed by atoms with Gasteiger partial charge in [0.05, 0.1) is 7.11 Å². The second-order valence-electron chi connectivity index (χ2n) is 3.70. The number of hydrogen-bond donors (Lipinski definition) is 1. The Morgan fingerprint density at radius 2 is 2.15 bits per heavy atom. The van der Waals surface area contributed by atoms with Crippen LogP contribution in [0.1, 0.15) is 23.5 Å².